The van der Waals surface area contributed by atoms with Crippen molar-refractivity contribution in [2.75, 3.05) is 18.0 Å². The predicted octanol–water partition coefficient (Wildman–Crippen LogP) is 0.964. The summed E-state index contributed by atoms with van der Waals surface area (Å²) in [6, 6.07) is 4.19. The number of carbonyl (C=O) groups excluding carboxylic acids is 1. The number of aliphatic hydroxyl groups is 1. The van der Waals surface area contributed by atoms with E-state index in [0.29, 0.717) is 31.1 Å². The number of aryl methyl sites for hydroxylation is 1. The molecule has 1 aromatic heterocycles. The van der Waals surface area contributed by atoms with Gasteiger partial charge in [0.05, 0.1) is 17.3 Å². The first kappa shape index (κ1) is 16.6. The number of β-amino-alcohol motifs (C(OH)–C–C–N with tert-alkyl or cyclic N) is 1. The van der Waals surface area contributed by atoms with Gasteiger partial charge in [0, 0.05) is 31.7 Å². The van der Waals surface area contributed by atoms with E-state index in [1.165, 1.54) is 11.8 Å². The number of primary amides is 1. The van der Waals surface area contributed by atoms with E-state index < -0.39 is 12.3 Å². The Balaban J connectivity index is 1.63. The maximum absolute atomic E-state index is 12.1. The number of nitrogens with zero attached hydrogens (tertiary/aromatic N) is 4. The third-order valence-electron chi connectivity index (χ3n) is 5.59. The van der Waals surface area contributed by atoms with Gasteiger partial charge >= 0.3 is 0 Å². The minimum Gasteiger partial charge on any atom is -0.462 e. The summed E-state index contributed by atoms with van der Waals surface area (Å²) >= 11 is 0. The first-order valence-corrected chi connectivity index (χ1v) is 9.35. The van der Waals surface area contributed by atoms with Crippen molar-refractivity contribution in [1.29, 1.82) is 0 Å². The number of nitrogens with two attached hydrogens (primary N) is 1. The van der Waals surface area contributed by atoms with Crippen LogP contribution in [0.25, 0.3) is 10.9 Å². The van der Waals surface area contributed by atoms with E-state index >= 15 is 0 Å². The van der Waals surface area contributed by atoms with Crippen molar-refractivity contribution in [1.82, 2.24) is 14.7 Å². The average molecular weight is 369 g/mol. The molecule has 1 saturated heterocycles. The summed E-state index contributed by atoms with van der Waals surface area (Å²) in [5.41, 5.74) is 9.05. The molecule has 0 spiro atoms. The first-order valence-electron chi connectivity index (χ1n) is 9.35. The van der Waals surface area contributed by atoms with E-state index in [0.717, 1.165) is 29.4 Å². The van der Waals surface area contributed by atoms with Crippen LogP contribution in [-0.2, 0) is 16.6 Å². The smallest absolute Gasteiger partial charge is 0.268 e. The van der Waals surface area contributed by atoms with Crippen LogP contribution < -0.4 is 10.6 Å². The van der Waals surface area contributed by atoms with Crippen molar-refractivity contribution in [2.24, 2.45) is 12.8 Å². The van der Waals surface area contributed by atoms with Crippen molar-refractivity contribution in [3.05, 3.63) is 35.9 Å². The Kier molecular flexibility index (Phi) is 3.66. The molecule has 1 aliphatic carbocycles. The second-order valence-corrected chi connectivity index (χ2v) is 7.68. The number of aliphatic hydroxyl groups excluding tert-OH is 1. The summed E-state index contributed by atoms with van der Waals surface area (Å²) in [5, 5.41) is 15.5. The van der Waals surface area contributed by atoms with Gasteiger partial charge in [0.25, 0.3) is 5.91 Å². The fourth-order valence-corrected chi connectivity index (χ4v) is 4.13. The number of benzene rings is 1. The van der Waals surface area contributed by atoms with Crippen LogP contribution in [0.4, 0.5) is 5.69 Å². The molecule has 3 aliphatic rings. The van der Waals surface area contributed by atoms with Crippen LogP contribution in [0.3, 0.4) is 0 Å². The number of fused-ring (bicyclic) bond motifs is 1. The zero-order valence-electron chi connectivity index (χ0n) is 15.2. The van der Waals surface area contributed by atoms with Gasteiger partial charge in [-0.05, 0) is 42.9 Å². The fourth-order valence-electron chi connectivity index (χ4n) is 4.13. The maximum atomic E-state index is 12.1. The van der Waals surface area contributed by atoms with E-state index in [1.54, 1.807) is 4.68 Å². The number of rotatable bonds is 4. The molecule has 8 heteroatoms. The molecule has 2 atom stereocenters. The lowest BCUT2D eigenvalue weighted by atomic mass is 10.0. The third-order valence-corrected chi connectivity index (χ3v) is 5.59. The van der Waals surface area contributed by atoms with E-state index in [9.17, 15) is 9.90 Å². The highest BCUT2D eigenvalue weighted by Crippen LogP contribution is 2.47. The second kappa shape index (κ2) is 5.97. The Hall–Kier alpha value is -2.58. The van der Waals surface area contributed by atoms with E-state index in [1.807, 2.05) is 23.0 Å². The summed E-state index contributed by atoms with van der Waals surface area (Å²) in [6.45, 7) is 1.21. The Morgan fingerprint density at radius 2 is 2.15 bits per heavy atom. The fraction of sp³-hybridized carbons (Fsp3) is 0.474. The Labute approximate surface area is 156 Å². The largest absolute Gasteiger partial charge is 0.462 e. The molecule has 142 valence electrons. The average Bonchev–Trinajstić information content (AvgIpc) is 3.05. The second-order valence-electron chi connectivity index (χ2n) is 7.68. The molecule has 1 saturated carbocycles. The molecule has 3 N–H and O–H groups in total. The van der Waals surface area contributed by atoms with Crippen LogP contribution in [0, 0.1) is 0 Å². The molecule has 0 radical (unpaired) electrons. The van der Waals surface area contributed by atoms with Gasteiger partial charge in [-0.15, -0.1) is 0 Å². The molecule has 1 amide bonds. The highest BCUT2D eigenvalue weighted by Gasteiger charge is 2.41. The summed E-state index contributed by atoms with van der Waals surface area (Å²) in [4.78, 5) is 16.1. The zero-order chi connectivity index (χ0) is 18.7. The molecule has 1 aromatic carbocycles. The quantitative estimate of drug-likeness (QED) is 0.833. The summed E-state index contributed by atoms with van der Waals surface area (Å²) in [7, 11) is 1.90. The van der Waals surface area contributed by atoms with Crippen molar-refractivity contribution >= 4 is 22.5 Å². The number of aromatic nitrogens is 2. The van der Waals surface area contributed by atoms with Crippen LogP contribution in [0.15, 0.2) is 30.3 Å². The van der Waals surface area contributed by atoms with Crippen molar-refractivity contribution in [3.63, 3.8) is 0 Å². The van der Waals surface area contributed by atoms with Gasteiger partial charge in [-0.1, -0.05) is 0 Å². The van der Waals surface area contributed by atoms with Gasteiger partial charge in [0.1, 0.15) is 12.0 Å². The Bertz CT molecular complexity index is 948. The normalized spacial score (nSPS) is 25.9. The van der Waals surface area contributed by atoms with E-state index in [2.05, 4.69) is 17.2 Å². The van der Waals surface area contributed by atoms with E-state index in [4.69, 9.17) is 10.5 Å². The highest BCUT2D eigenvalue weighted by atomic mass is 16.5. The molecular weight excluding hydrogens is 346 g/mol. The predicted molar refractivity (Wildman–Crippen MR) is 99.5 cm³/mol. The standard InChI is InChI=1S/C19H23N5O3/c1-22-8-12-6-16(14(11-2-3-11)7-15(12)21-22)24-17(18(20)26)10-27-19(24)23-5-4-13(25)9-23/h6-8,10-11,13,19,25H,2-5,9H2,1H3,(H2,20,26)/t13?,19-/m0/s1. The van der Waals surface area contributed by atoms with Crippen LogP contribution in [-0.4, -0.2) is 51.2 Å². The number of hydrogen-bond acceptors (Lipinski definition) is 6. The summed E-state index contributed by atoms with van der Waals surface area (Å²) in [6.07, 6.45) is 5.51. The van der Waals surface area contributed by atoms with Gasteiger partial charge in [0.2, 0.25) is 6.35 Å². The number of carbonyl (C=O) groups is 1. The van der Waals surface area contributed by atoms with Crippen LogP contribution in [0.2, 0.25) is 0 Å². The lowest BCUT2D eigenvalue weighted by Gasteiger charge is -2.34. The topological polar surface area (TPSA) is 96.8 Å². The summed E-state index contributed by atoms with van der Waals surface area (Å²) in [5.74, 6) is -0.0590. The number of ether oxygens (including phenoxy) is 1. The molecule has 2 aliphatic heterocycles. The minimum atomic E-state index is -0.523. The molecule has 0 bridgehead atoms. The minimum absolute atomic E-state index is 0.339. The lowest BCUT2D eigenvalue weighted by Crippen LogP contribution is -2.47. The molecule has 5 rings (SSSR count). The van der Waals surface area contributed by atoms with Gasteiger partial charge in [-0.3, -0.25) is 14.4 Å². The van der Waals surface area contributed by atoms with E-state index in [-0.39, 0.29) is 6.10 Å². The number of hydrogen-bond donors (Lipinski definition) is 2. The van der Waals surface area contributed by atoms with Crippen LogP contribution in [0.1, 0.15) is 30.7 Å². The number of anilines is 1. The highest BCUT2D eigenvalue weighted by molar-refractivity contribution is 5.97. The zero-order valence-corrected chi connectivity index (χ0v) is 15.2. The van der Waals surface area contributed by atoms with Gasteiger partial charge in [-0.2, -0.15) is 5.10 Å². The van der Waals surface area contributed by atoms with Crippen molar-refractivity contribution < 1.29 is 14.6 Å². The van der Waals surface area contributed by atoms with Crippen molar-refractivity contribution in [2.45, 2.75) is 37.6 Å². The number of likely N-dealkylation sites (tertiary alicyclic amines) is 1. The maximum Gasteiger partial charge on any atom is 0.268 e. The Morgan fingerprint density at radius 1 is 1.33 bits per heavy atom. The van der Waals surface area contributed by atoms with Crippen molar-refractivity contribution in [3.8, 4) is 0 Å². The third kappa shape index (κ3) is 2.76. The van der Waals surface area contributed by atoms with Gasteiger partial charge < -0.3 is 15.6 Å². The van der Waals surface area contributed by atoms with Gasteiger partial charge in [0.15, 0.2) is 0 Å². The first-order chi connectivity index (χ1) is 13.0. The molecule has 8 nitrogen and oxygen atoms in total. The lowest BCUT2D eigenvalue weighted by molar-refractivity contribution is -0.114. The molecule has 1 unspecified atom stereocenters. The molecule has 2 aromatic rings. The number of amides is 1. The summed E-state index contributed by atoms with van der Waals surface area (Å²) < 4.78 is 7.65. The molecule has 27 heavy (non-hydrogen) atoms. The SMILES string of the molecule is Cn1cc2cc(N3C(C(N)=O)=CO[C@H]3N3CCC(O)C3)c(C3CC3)cc2n1. The molecule has 3 heterocycles. The molecular formula is C19H23N5O3. The molecule has 2 fully saturated rings. The van der Waals surface area contributed by atoms with Crippen LogP contribution in [0.5, 0.6) is 0 Å². The van der Waals surface area contributed by atoms with Gasteiger partial charge in [-0.25, -0.2) is 4.90 Å². The monoisotopic (exact) mass is 369 g/mol. The Morgan fingerprint density at radius 3 is 2.81 bits per heavy atom. The van der Waals surface area contributed by atoms with Crippen LogP contribution >= 0.6 is 0 Å².